The molecule has 39 heavy (non-hydrogen) atoms. The second-order valence-corrected chi connectivity index (χ2v) is 12.2. The molecule has 0 radical (unpaired) electrons. The molecule has 0 amide bonds. The summed E-state index contributed by atoms with van der Waals surface area (Å²) in [5.74, 6) is 0. The molecule has 5 nitrogen and oxygen atoms in total. The van der Waals surface area contributed by atoms with Gasteiger partial charge in [0, 0.05) is 38.1 Å². The van der Waals surface area contributed by atoms with Gasteiger partial charge in [-0.3, -0.25) is 9.21 Å². The highest BCUT2D eigenvalue weighted by molar-refractivity contribution is 7.88. The van der Waals surface area contributed by atoms with E-state index in [0.717, 1.165) is 32.5 Å². The lowest BCUT2D eigenvalue weighted by molar-refractivity contribution is 0.170. The maximum atomic E-state index is 11.9. The van der Waals surface area contributed by atoms with Crippen molar-refractivity contribution in [2.75, 3.05) is 13.1 Å². The van der Waals surface area contributed by atoms with Gasteiger partial charge in [0.15, 0.2) is 0 Å². The summed E-state index contributed by atoms with van der Waals surface area (Å²) in [5, 5.41) is 5.64. The Morgan fingerprint density at radius 2 is 1.51 bits per heavy atom. The van der Waals surface area contributed by atoms with E-state index in [4.69, 9.17) is 0 Å². The standard InChI is InChI=1S/C18H16.C15H19N3O2S/c1-3-7-15-13(5-1)9-11-18-16-8-4-2-6-14(16)10-12-17(15)18;19-21(20)16-9-4-10-18(21)15-7-11-17(12-8-15)13-14-5-2-1-3-6-14/h1,3,5,7,9-12H,2,4,6,8H2;1-6,9-10,15H,7-8,11-13H2. The number of hydrogen-bond acceptors (Lipinski definition) is 3. The zero-order chi connectivity index (χ0) is 26.7. The van der Waals surface area contributed by atoms with Crippen LogP contribution in [-0.2, 0) is 29.6 Å². The van der Waals surface area contributed by atoms with Crippen LogP contribution in [0.25, 0.3) is 21.5 Å². The fraction of sp³-hybridized carbons (Fsp3) is 0.303. The van der Waals surface area contributed by atoms with E-state index in [2.05, 4.69) is 70.0 Å². The van der Waals surface area contributed by atoms with Gasteiger partial charge < -0.3 is 0 Å². The Labute approximate surface area is 231 Å². The fourth-order valence-corrected chi connectivity index (χ4v) is 7.34. The van der Waals surface area contributed by atoms with Gasteiger partial charge in [0.05, 0.1) is 0 Å². The number of benzene rings is 4. The molecule has 0 aromatic heterocycles. The van der Waals surface area contributed by atoms with Crippen molar-refractivity contribution in [3.63, 3.8) is 0 Å². The first-order valence-electron chi connectivity index (χ1n) is 14.0. The number of aryl methyl sites for hydroxylation is 2. The summed E-state index contributed by atoms with van der Waals surface area (Å²) >= 11 is 0. The maximum absolute atomic E-state index is 11.9. The molecule has 200 valence electrons. The van der Waals surface area contributed by atoms with Gasteiger partial charge in [-0.05, 0) is 82.8 Å². The van der Waals surface area contributed by atoms with E-state index in [1.54, 1.807) is 23.4 Å². The van der Waals surface area contributed by atoms with Crippen LogP contribution in [0.3, 0.4) is 0 Å². The molecule has 0 unspecified atom stereocenters. The second-order valence-electron chi connectivity index (χ2n) is 10.7. The largest absolute Gasteiger partial charge is 0.344 e. The quantitative estimate of drug-likeness (QED) is 0.274. The van der Waals surface area contributed by atoms with Crippen molar-refractivity contribution in [2.24, 2.45) is 4.40 Å². The Hall–Kier alpha value is -3.48. The molecule has 1 fully saturated rings. The van der Waals surface area contributed by atoms with Crippen molar-refractivity contribution < 1.29 is 8.42 Å². The highest BCUT2D eigenvalue weighted by atomic mass is 32.2. The highest BCUT2D eigenvalue weighted by Gasteiger charge is 2.30. The van der Waals surface area contributed by atoms with Crippen LogP contribution in [0.15, 0.2) is 95.5 Å². The SMILES string of the molecule is O=S1(=O)N=CC=CN1C1CCN(Cc2ccccc2)CC1.c1ccc2c(c1)ccc1c3c(ccc12)CCCC3. The first-order valence-corrected chi connectivity index (χ1v) is 15.4. The minimum atomic E-state index is -3.50. The molecule has 0 N–H and O–H groups in total. The number of nitrogens with zero attached hydrogens (tertiary/aromatic N) is 3. The van der Waals surface area contributed by atoms with Crippen LogP contribution in [0, 0.1) is 0 Å². The predicted molar refractivity (Wildman–Crippen MR) is 161 cm³/mol. The molecular weight excluding hydrogens is 502 g/mol. The second kappa shape index (κ2) is 11.3. The van der Waals surface area contributed by atoms with Crippen LogP contribution in [0.5, 0.6) is 0 Å². The number of allylic oxidation sites excluding steroid dienone is 1. The van der Waals surface area contributed by atoms with Gasteiger partial charge in [0.25, 0.3) is 0 Å². The van der Waals surface area contributed by atoms with E-state index in [0.29, 0.717) is 0 Å². The molecule has 3 aliphatic rings. The van der Waals surface area contributed by atoms with Gasteiger partial charge in [-0.25, -0.2) is 0 Å². The lowest BCUT2D eigenvalue weighted by Gasteiger charge is -2.36. The van der Waals surface area contributed by atoms with Gasteiger partial charge in [0.2, 0.25) is 0 Å². The third-order valence-corrected chi connectivity index (χ3v) is 9.54. The van der Waals surface area contributed by atoms with E-state index >= 15 is 0 Å². The molecule has 4 aromatic carbocycles. The van der Waals surface area contributed by atoms with Gasteiger partial charge >= 0.3 is 10.2 Å². The van der Waals surface area contributed by atoms with Gasteiger partial charge in [-0.2, -0.15) is 12.8 Å². The third-order valence-electron chi connectivity index (χ3n) is 8.20. The average Bonchev–Trinajstić information content (AvgIpc) is 2.98. The monoisotopic (exact) mass is 537 g/mol. The summed E-state index contributed by atoms with van der Waals surface area (Å²) in [5.41, 5.74) is 4.47. The van der Waals surface area contributed by atoms with Crippen LogP contribution in [0.1, 0.15) is 42.4 Å². The Morgan fingerprint density at radius 1 is 0.769 bits per heavy atom. The van der Waals surface area contributed by atoms with Crippen LogP contribution >= 0.6 is 0 Å². The first kappa shape index (κ1) is 25.8. The van der Waals surface area contributed by atoms with Crippen molar-refractivity contribution >= 4 is 38.0 Å². The van der Waals surface area contributed by atoms with Crippen LogP contribution in [-0.4, -0.2) is 43.0 Å². The molecule has 0 saturated carbocycles. The molecule has 0 bridgehead atoms. The number of hydrogen-bond donors (Lipinski definition) is 0. The number of fused-ring (bicyclic) bond motifs is 5. The summed E-state index contributed by atoms with van der Waals surface area (Å²) < 4.78 is 28.8. The molecule has 6 heteroatoms. The molecule has 0 spiro atoms. The minimum absolute atomic E-state index is 0.0238. The van der Waals surface area contributed by atoms with Gasteiger partial charge in [-0.1, -0.05) is 78.9 Å². The van der Waals surface area contributed by atoms with E-state index in [-0.39, 0.29) is 6.04 Å². The Balaban J connectivity index is 0.000000143. The average molecular weight is 538 g/mol. The Kier molecular flexibility index (Phi) is 7.49. The lowest BCUT2D eigenvalue weighted by Crippen LogP contribution is -2.44. The Morgan fingerprint density at radius 3 is 2.33 bits per heavy atom. The van der Waals surface area contributed by atoms with Crippen LogP contribution < -0.4 is 0 Å². The van der Waals surface area contributed by atoms with Crippen LogP contribution in [0.4, 0.5) is 0 Å². The van der Waals surface area contributed by atoms with Crippen LogP contribution in [0.2, 0.25) is 0 Å². The van der Waals surface area contributed by atoms with Crippen molar-refractivity contribution in [1.29, 1.82) is 0 Å². The molecule has 7 rings (SSSR count). The van der Waals surface area contributed by atoms with E-state index in [1.807, 2.05) is 18.2 Å². The highest BCUT2D eigenvalue weighted by Crippen LogP contribution is 2.33. The maximum Gasteiger partial charge on any atom is 0.344 e. The molecule has 1 aliphatic carbocycles. The zero-order valence-electron chi connectivity index (χ0n) is 22.2. The molecule has 0 atom stereocenters. The van der Waals surface area contributed by atoms with E-state index in [9.17, 15) is 8.42 Å². The minimum Gasteiger partial charge on any atom is -0.299 e. The summed E-state index contributed by atoms with van der Waals surface area (Å²) in [6.45, 7) is 2.74. The van der Waals surface area contributed by atoms with Gasteiger partial charge in [-0.15, -0.1) is 0 Å². The normalized spacial score (nSPS) is 19.0. The first-order chi connectivity index (χ1) is 19.1. The molecular formula is C33H35N3O2S. The molecule has 4 aromatic rings. The van der Waals surface area contributed by atoms with Gasteiger partial charge in [0.1, 0.15) is 0 Å². The summed E-state index contributed by atoms with van der Waals surface area (Å²) in [6, 6.07) is 28.3. The van der Waals surface area contributed by atoms with Crippen molar-refractivity contribution in [1.82, 2.24) is 9.21 Å². The molecule has 2 aliphatic heterocycles. The fourth-order valence-electron chi connectivity index (χ4n) is 6.19. The summed E-state index contributed by atoms with van der Waals surface area (Å²) in [4.78, 5) is 2.37. The zero-order valence-corrected chi connectivity index (χ0v) is 23.1. The lowest BCUT2D eigenvalue weighted by atomic mass is 9.86. The number of piperidine rings is 1. The topological polar surface area (TPSA) is 53.0 Å². The molecule has 1 saturated heterocycles. The smallest absolute Gasteiger partial charge is 0.299 e. The van der Waals surface area contributed by atoms with E-state index < -0.39 is 10.2 Å². The van der Waals surface area contributed by atoms with Crippen molar-refractivity contribution in [2.45, 2.75) is 51.1 Å². The Bertz CT molecular complexity index is 1620. The predicted octanol–water partition coefficient (Wildman–Crippen LogP) is 6.67. The summed E-state index contributed by atoms with van der Waals surface area (Å²) in [6.07, 6.45) is 11.5. The van der Waals surface area contributed by atoms with Crippen molar-refractivity contribution in [3.8, 4) is 0 Å². The molecule has 2 heterocycles. The number of likely N-dealkylation sites (tertiary alicyclic amines) is 1. The van der Waals surface area contributed by atoms with Crippen molar-refractivity contribution in [3.05, 3.63) is 108 Å². The third kappa shape index (κ3) is 5.63. The number of rotatable bonds is 3. The van der Waals surface area contributed by atoms with E-state index in [1.165, 1.54) is 63.3 Å². The summed E-state index contributed by atoms with van der Waals surface area (Å²) in [7, 11) is -3.50.